The maximum Gasteiger partial charge on any atom is 0.302 e. The van der Waals surface area contributed by atoms with Gasteiger partial charge in [-0.15, -0.1) is 0 Å². The molecule has 5 atom stereocenters. The van der Waals surface area contributed by atoms with Crippen LogP contribution in [0.4, 0.5) is 0 Å². The number of rotatable bonds is 4. The van der Waals surface area contributed by atoms with E-state index >= 15 is 0 Å². The molecule has 0 spiro atoms. The van der Waals surface area contributed by atoms with Gasteiger partial charge in [0.2, 0.25) is 0 Å². The van der Waals surface area contributed by atoms with Crippen molar-refractivity contribution in [2.24, 2.45) is 0 Å². The normalized spacial score (nSPS) is 28.5. The first-order chi connectivity index (χ1) is 14.1. The van der Waals surface area contributed by atoms with Gasteiger partial charge in [0.05, 0.1) is 12.7 Å². The van der Waals surface area contributed by atoms with Crippen LogP contribution in [0.5, 0.6) is 0 Å². The Labute approximate surface area is 164 Å². The summed E-state index contributed by atoms with van der Waals surface area (Å²) in [5.41, 5.74) is 1.11. The van der Waals surface area contributed by atoms with Crippen molar-refractivity contribution in [2.75, 3.05) is 6.61 Å². The molecule has 2 fully saturated rings. The largest absolute Gasteiger partial charge is 0.463 e. The fraction of sp³-hybridized carbons (Fsp3) is 0.368. The molecule has 29 heavy (non-hydrogen) atoms. The van der Waals surface area contributed by atoms with E-state index in [9.17, 15) is 9.59 Å². The van der Waals surface area contributed by atoms with Gasteiger partial charge in [0.25, 0.3) is 5.56 Å². The van der Waals surface area contributed by atoms with Crippen molar-refractivity contribution >= 4 is 17.1 Å². The van der Waals surface area contributed by atoms with Gasteiger partial charge in [-0.2, -0.15) is 0 Å². The number of nitrogens with one attached hydrogen (secondary N) is 1. The van der Waals surface area contributed by atoms with Gasteiger partial charge in [0.15, 0.2) is 23.7 Å². The molecule has 1 aromatic carbocycles. The molecule has 1 N–H and O–H groups in total. The second kappa shape index (κ2) is 7.07. The number of fused-ring (bicyclic) bond motifs is 2. The van der Waals surface area contributed by atoms with Crippen LogP contribution in [-0.4, -0.2) is 50.4 Å². The van der Waals surface area contributed by atoms with Crippen LogP contribution in [-0.2, 0) is 23.7 Å². The number of H-pyrrole nitrogens is 1. The molecule has 0 bridgehead atoms. The Hall–Kier alpha value is -3.08. The van der Waals surface area contributed by atoms with Crippen LogP contribution in [0.2, 0.25) is 0 Å². The van der Waals surface area contributed by atoms with E-state index in [1.807, 2.05) is 30.3 Å². The highest BCUT2D eigenvalue weighted by atomic mass is 16.8. The van der Waals surface area contributed by atoms with E-state index in [2.05, 4.69) is 15.0 Å². The third-order valence-corrected chi connectivity index (χ3v) is 5.01. The van der Waals surface area contributed by atoms with E-state index in [1.165, 1.54) is 19.6 Å². The van der Waals surface area contributed by atoms with Gasteiger partial charge in [-0.25, -0.2) is 9.97 Å². The minimum Gasteiger partial charge on any atom is -0.463 e. The molecule has 2 aliphatic rings. The number of hydrogen-bond acceptors (Lipinski definition) is 8. The van der Waals surface area contributed by atoms with Gasteiger partial charge in [0.1, 0.15) is 24.9 Å². The van der Waals surface area contributed by atoms with Gasteiger partial charge in [-0.1, -0.05) is 30.3 Å². The van der Waals surface area contributed by atoms with Crippen LogP contribution < -0.4 is 5.56 Å². The molecule has 2 saturated heterocycles. The third kappa shape index (κ3) is 3.11. The van der Waals surface area contributed by atoms with E-state index in [4.69, 9.17) is 18.9 Å². The van der Waals surface area contributed by atoms with Crippen molar-refractivity contribution in [3.63, 3.8) is 0 Å². The lowest BCUT2D eigenvalue weighted by atomic mass is 10.1. The lowest BCUT2D eigenvalue weighted by Gasteiger charge is -2.21. The Kier molecular flexibility index (Phi) is 4.38. The summed E-state index contributed by atoms with van der Waals surface area (Å²) in [5.74, 6) is -0.409. The van der Waals surface area contributed by atoms with E-state index in [-0.39, 0.29) is 17.7 Å². The number of carbonyl (C=O) groups is 1. The van der Waals surface area contributed by atoms with Gasteiger partial charge in [-0.05, 0) is 0 Å². The van der Waals surface area contributed by atoms with Crippen molar-refractivity contribution in [1.82, 2.24) is 19.5 Å². The Morgan fingerprint density at radius 1 is 1.17 bits per heavy atom. The first-order valence-electron chi connectivity index (χ1n) is 9.17. The molecular formula is C19H18N4O6. The Morgan fingerprint density at radius 2 is 1.97 bits per heavy atom. The number of aromatic amines is 1. The van der Waals surface area contributed by atoms with Crippen LogP contribution in [0.15, 0.2) is 47.8 Å². The molecular weight excluding hydrogens is 380 g/mol. The van der Waals surface area contributed by atoms with E-state index in [1.54, 1.807) is 4.57 Å². The average molecular weight is 398 g/mol. The maximum absolute atomic E-state index is 12.0. The summed E-state index contributed by atoms with van der Waals surface area (Å²) >= 11 is 0. The molecule has 2 aromatic heterocycles. The van der Waals surface area contributed by atoms with Crippen molar-refractivity contribution in [3.8, 4) is 0 Å². The molecule has 10 nitrogen and oxygen atoms in total. The van der Waals surface area contributed by atoms with E-state index < -0.39 is 36.8 Å². The highest BCUT2D eigenvalue weighted by molar-refractivity contribution is 5.69. The number of hydrogen-bond donors (Lipinski definition) is 1. The molecule has 0 saturated carbocycles. The number of ether oxygens (including phenoxy) is 4. The predicted molar refractivity (Wildman–Crippen MR) is 97.6 cm³/mol. The van der Waals surface area contributed by atoms with Crippen LogP contribution >= 0.6 is 0 Å². The molecule has 0 amide bonds. The number of benzene rings is 1. The number of carbonyl (C=O) groups excluding carboxylic acids is 1. The van der Waals surface area contributed by atoms with Crippen LogP contribution in [0, 0.1) is 0 Å². The zero-order valence-corrected chi connectivity index (χ0v) is 15.4. The zero-order valence-electron chi connectivity index (χ0n) is 15.4. The number of imidazole rings is 1. The van der Waals surface area contributed by atoms with Gasteiger partial charge < -0.3 is 23.9 Å². The minimum atomic E-state index is -0.645. The summed E-state index contributed by atoms with van der Waals surface area (Å²) in [6.07, 6.45) is 0.0642. The number of esters is 1. The summed E-state index contributed by atoms with van der Waals surface area (Å²) in [6.45, 7) is 1.36. The van der Waals surface area contributed by atoms with Gasteiger partial charge >= 0.3 is 5.97 Å². The van der Waals surface area contributed by atoms with Gasteiger partial charge in [0, 0.05) is 12.5 Å². The Bertz CT molecular complexity index is 1100. The zero-order chi connectivity index (χ0) is 20.0. The summed E-state index contributed by atoms with van der Waals surface area (Å²) in [5, 5.41) is 0. The first-order valence-corrected chi connectivity index (χ1v) is 9.17. The summed E-state index contributed by atoms with van der Waals surface area (Å²) < 4.78 is 25.2. The predicted octanol–water partition coefficient (Wildman–Crippen LogP) is 1.06. The molecule has 0 aliphatic carbocycles. The number of nitrogens with zero attached hydrogens (tertiary/aromatic N) is 3. The van der Waals surface area contributed by atoms with Gasteiger partial charge in [-0.3, -0.25) is 14.2 Å². The lowest BCUT2D eigenvalue weighted by Crippen LogP contribution is -2.32. The quantitative estimate of drug-likeness (QED) is 0.649. The third-order valence-electron chi connectivity index (χ3n) is 5.01. The highest BCUT2D eigenvalue weighted by Gasteiger charge is 2.54. The molecule has 10 heteroatoms. The molecule has 2 aliphatic heterocycles. The average Bonchev–Trinajstić information content (AvgIpc) is 3.41. The van der Waals surface area contributed by atoms with Crippen LogP contribution in [0.3, 0.4) is 0 Å². The molecule has 3 aromatic rings. The summed E-state index contributed by atoms with van der Waals surface area (Å²) in [6, 6.07) is 9.54. The van der Waals surface area contributed by atoms with Crippen LogP contribution in [0.1, 0.15) is 25.0 Å². The topological polar surface area (TPSA) is 118 Å². The second-order valence-corrected chi connectivity index (χ2v) is 6.87. The van der Waals surface area contributed by atoms with Crippen molar-refractivity contribution in [2.45, 2.75) is 37.8 Å². The maximum atomic E-state index is 12.0. The van der Waals surface area contributed by atoms with Crippen LogP contribution in [0.25, 0.3) is 11.2 Å². The Balaban J connectivity index is 1.49. The second-order valence-electron chi connectivity index (χ2n) is 6.87. The SMILES string of the molecule is CC(=O)OC[C@H]1O[C@@H](n2cnc3c(=O)[nH]cnc32)C2O[C@H](c3ccccc3)OC21. The first kappa shape index (κ1) is 18.0. The fourth-order valence-corrected chi connectivity index (χ4v) is 3.71. The van der Waals surface area contributed by atoms with E-state index in [0.29, 0.717) is 5.65 Å². The monoisotopic (exact) mass is 398 g/mol. The summed E-state index contributed by atoms with van der Waals surface area (Å²) in [7, 11) is 0. The fourth-order valence-electron chi connectivity index (χ4n) is 3.71. The molecule has 5 rings (SSSR count). The number of aromatic nitrogens is 4. The molecule has 0 radical (unpaired) electrons. The minimum absolute atomic E-state index is 0.0263. The molecule has 150 valence electrons. The van der Waals surface area contributed by atoms with Crippen molar-refractivity contribution in [1.29, 1.82) is 0 Å². The van der Waals surface area contributed by atoms with E-state index in [0.717, 1.165) is 5.56 Å². The van der Waals surface area contributed by atoms with Crippen molar-refractivity contribution in [3.05, 3.63) is 58.9 Å². The lowest BCUT2D eigenvalue weighted by molar-refractivity contribution is -0.165. The molecule has 4 heterocycles. The van der Waals surface area contributed by atoms with Crippen molar-refractivity contribution < 1.29 is 23.7 Å². The smallest absolute Gasteiger partial charge is 0.302 e. The Morgan fingerprint density at radius 3 is 2.76 bits per heavy atom. The highest BCUT2D eigenvalue weighted by Crippen LogP contribution is 2.44. The molecule has 2 unspecified atom stereocenters. The summed E-state index contributed by atoms with van der Waals surface area (Å²) in [4.78, 5) is 34.1. The standard InChI is InChI=1S/C19H18N4O6/c1-10(24)26-7-12-14-15(29-19(28-14)11-5-3-2-4-6-11)18(27-12)23-9-22-13-16(23)20-8-21-17(13)25/h2-6,8-9,12,14-15,18-19H,7H2,1H3,(H,20,21,25)/t12-,14?,15?,18-,19-/m1/s1.